The van der Waals surface area contributed by atoms with E-state index in [1.165, 1.54) is 10.7 Å². The SMILES string of the molecule is CCn1c(Cl)c(-c2cc(OCCC(C)C)c(F)cc2F)c(=O)n1CC. The maximum absolute atomic E-state index is 14.4. The zero-order valence-electron chi connectivity index (χ0n) is 14.9. The van der Waals surface area contributed by atoms with E-state index in [9.17, 15) is 13.6 Å². The average Bonchev–Trinajstić information content (AvgIpc) is 2.79. The first-order valence-electron chi connectivity index (χ1n) is 8.43. The molecule has 0 spiro atoms. The van der Waals surface area contributed by atoms with E-state index in [0.29, 0.717) is 25.6 Å². The Hall–Kier alpha value is -1.82. The van der Waals surface area contributed by atoms with Crippen LogP contribution < -0.4 is 10.3 Å². The molecule has 7 heteroatoms. The number of halogens is 3. The lowest BCUT2D eigenvalue weighted by Crippen LogP contribution is -2.22. The van der Waals surface area contributed by atoms with Gasteiger partial charge in [-0.2, -0.15) is 0 Å². The quantitative estimate of drug-likeness (QED) is 0.705. The van der Waals surface area contributed by atoms with E-state index in [2.05, 4.69) is 0 Å². The topological polar surface area (TPSA) is 36.2 Å². The number of ether oxygens (including phenoxy) is 1. The Morgan fingerprint density at radius 2 is 1.76 bits per heavy atom. The first-order chi connectivity index (χ1) is 11.8. The Bertz CT molecular complexity index is 812. The number of aromatic nitrogens is 2. The van der Waals surface area contributed by atoms with Crippen LogP contribution in [-0.4, -0.2) is 16.0 Å². The minimum absolute atomic E-state index is 0.0246. The van der Waals surface area contributed by atoms with Crippen molar-refractivity contribution in [3.8, 4) is 16.9 Å². The van der Waals surface area contributed by atoms with E-state index >= 15 is 0 Å². The third kappa shape index (κ3) is 3.89. The lowest BCUT2D eigenvalue weighted by atomic mass is 10.1. The largest absolute Gasteiger partial charge is 0.490 e. The van der Waals surface area contributed by atoms with E-state index in [0.717, 1.165) is 12.5 Å². The molecule has 1 aromatic heterocycles. The molecular weight excluding hydrogens is 350 g/mol. The van der Waals surface area contributed by atoms with E-state index in [-0.39, 0.29) is 22.0 Å². The summed E-state index contributed by atoms with van der Waals surface area (Å²) in [5.74, 6) is -1.33. The van der Waals surface area contributed by atoms with Crippen LogP contribution in [-0.2, 0) is 13.1 Å². The number of nitrogens with zero attached hydrogens (tertiary/aromatic N) is 2. The van der Waals surface area contributed by atoms with Crippen LogP contribution in [0, 0.1) is 17.6 Å². The van der Waals surface area contributed by atoms with Crippen LogP contribution in [0.15, 0.2) is 16.9 Å². The van der Waals surface area contributed by atoms with Crippen molar-refractivity contribution in [3.05, 3.63) is 39.3 Å². The van der Waals surface area contributed by atoms with Gasteiger partial charge in [0.15, 0.2) is 11.6 Å². The van der Waals surface area contributed by atoms with Gasteiger partial charge in [0.25, 0.3) is 5.56 Å². The predicted octanol–water partition coefficient (Wildman–Crippen LogP) is 4.71. The second-order valence-electron chi connectivity index (χ2n) is 6.20. The first-order valence-corrected chi connectivity index (χ1v) is 8.80. The van der Waals surface area contributed by atoms with Crippen molar-refractivity contribution in [3.63, 3.8) is 0 Å². The van der Waals surface area contributed by atoms with Gasteiger partial charge in [0.05, 0.1) is 12.2 Å². The Balaban J connectivity index is 2.53. The average molecular weight is 373 g/mol. The van der Waals surface area contributed by atoms with E-state index in [1.807, 2.05) is 20.8 Å². The second kappa shape index (κ2) is 8.04. The van der Waals surface area contributed by atoms with Crippen molar-refractivity contribution in [1.82, 2.24) is 9.36 Å². The minimum atomic E-state index is -0.843. The van der Waals surface area contributed by atoms with Gasteiger partial charge < -0.3 is 4.74 Å². The lowest BCUT2D eigenvalue weighted by Gasteiger charge is -2.11. The fourth-order valence-corrected chi connectivity index (χ4v) is 3.04. The molecule has 0 aliphatic heterocycles. The third-order valence-electron chi connectivity index (χ3n) is 4.02. The highest BCUT2D eigenvalue weighted by molar-refractivity contribution is 6.32. The summed E-state index contributed by atoms with van der Waals surface area (Å²) >= 11 is 6.30. The monoisotopic (exact) mass is 372 g/mol. The zero-order valence-corrected chi connectivity index (χ0v) is 15.7. The standard InChI is InChI=1S/C18H23ClF2N2O2/c1-5-22-17(19)16(18(24)23(22)6-2)12-9-15(14(21)10-13(12)20)25-8-7-11(3)4/h9-11H,5-8H2,1-4H3. The molecular formula is C18H23ClF2N2O2. The molecule has 0 saturated heterocycles. The summed E-state index contributed by atoms with van der Waals surface area (Å²) in [5.41, 5.74) is -0.435. The van der Waals surface area contributed by atoms with Gasteiger partial charge in [-0.3, -0.25) is 9.48 Å². The Morgan fingerprint density at radius 1 is 1.12 bits per heavy atom. The van der Waals surface area contributed by atoms with Gasteiger partial charge in [0, 0.05) is 24.7 Å². The van der Waals surface area contributed by atoms with Gasteiger partial charge in [-0.25, -0.2) is 13.5 Å². The summed E-state index contributed by atoms with van der Waals surface area (Å²) in [4.78, 5) is 12.6. The van der Waals surface area contributed by atoms with Gasteiger partial charge in [-0.15, -0.1) is 0 Å². The van der Waals surface area contributed by atoms with Crippen LogP contribution in [0.1, 0.15) is 34.1 Å². The van der Waals surface area contributed by atoms with Gasteiger partial charge in [-0.05, 0) is 32.3 Å². The highest BCUT2D eigenvalue weighted by atomic mass is 35.5. The zero-order chi connectivity index (χ0) is 18.7. The predicted molar refractivity (Wildman–Crippen MR) is 95.4 cm³/mol. The first kappa shape index (κ1) is 19.5. The molecule has 0 atom stereocenters. The van der Waals surface area contributed by atoms with E-state index < -0.39 is 17.2 Å². The molecule has 0 aliphatic rings. The maximum atomic E-state index is 14.4. The van der Waals surface area contributed by atoms with Crippen molar-refractivity contribution >= 4 is 11.6 Å². The minimum Gasteiger partial charge on any atom is -0.490 e. The van der Waals surface area contributed by atoms with Crippen LogP contribution in [0.25, 0.3) is 11.1 Å². The number of hydrogen-bond acceptors (Lipinski definition) is 2. The van der Waals surface area contributed by atoms with Crippen molar-refractivity contribution in [1.29, 1.82) is 0 Å². The normalized spacial score (nSPS) is 11.4. The summed E-state index contributed by atoms with van der Waals surface area (Å²) < 4.78 is 36.8. The van der Waals surface area contributed by atoms with Gasteiger partial charge in [0.2, 0.25) is 0 Å². The van der Waals surface area contributed by atoms with Crippen molar-refractivity contribution in [2.24, 2.45) is 5.92 Å². The fraction of sp³-hybridized carbons (Fsp3) is 0.500. The van der Waals surface area contributed by atoms with Crippen molar-refractivity contribution in [2.75, 3.05) is 6.61 Å². The fourth-order valence-electron chi connectivity index (χ4n) is 2.65. The Morgan fingerprint density at radius 3 is 2.28 bits per heavy atom. The molecule has 0 fully saturated rings. The van der Waals surface area contributed by atoms with Gasteiger partial charge >= 0.3 is 0 Å². The maximum Gasteiger partial charge on any atom is 0.276 e. The Labute approximate surface area is 150 Å². The second-order valence-corrected chi connectivity index (χ2v) is 6.55. The van der Waals surface area contributed by atoms with Crippen molar-refractivity contribution in [2.45, 2.75) is 47.2 Å². The molecule has 2 aromatic rings. The highest BCUT2D eigenvalue weighted by Crippen LogP contribution is 2.32. The molecule has 0 saturated carbocycles. The molecule has 4 nitrogen and oxygen atoms in total. The van der Waals surface area contributed by atoms with Gasteiger partial charge in [-0.1, -0.05) is 25.4 Å². The molecule has 2 rings (SSSR count). The van der Waals surface area contributed by atoms with E-state index in [1.54, 1.807) is 11.6 Å². The van der Waals surface area contributed by atoms with Crippen LogP contribution in [0.2, 0.25) is 5.15 Å². The Kier molecular flexibility index (Phi) is 6.27. The number of rotatable bonds is 7. The molecule has 1 aromatic carbocycles. The van der Waals surface area contributed by atoms with E-state index in [4.69, 9.17) is 16.3 Å². The number of benzene rings is 1. The van der Waals surface area contributed by atoms with Crippen LogP contribution >= 0.6 is 11.6 Å². The molecule has 0 unspecified atom stereocenters. The lowest BCUT2D eigenvalue weighted by molar-refractivity contribution is 0.276. The summed E-state index contributed by atoms with van der Waals surface area (Å²) in [7, 11) is 0. The summed E-state index contributed by atoms with van der Waals surface area (Å²) in [6, 6.07) is 1.95. The molecule has 138 valence electrons. The summed E-state index contributed by atoms with van der Waals surface area (Å²) in [6.07, 6.45) is 0.738. The summed E-state index contributed by atoms with van der Waals surface area (Å²) in [6.45, 7) is 8.85. The van der Waals surface area contributed by atoms with Gasteiger partial charge in [0.1, 0.15) is 11.0 Å². The summed E-state index contributed by atoms with van der Waals surface area (Å²) in [5, 5.41) is 0.132. The molecule has 0 aliphatic carbocycles. The highest BCUT2D eigenvalue weighted by Gasteiger charge is 2.23. The molecule has 25 heavy (non-hydrogen) atoms. The molecule has 0 amide bonds. The van der Waals surface area contributed by atoms with Crippen LogP contribution in [0.3, 0.4) is 0 Å². The molecule has 0 N–H and O–H groups in total. The number of hydrogen-bond donors (Lipinski definition) is 0. The molecule has 0 bridgehead atoms. The smallest absolute Gasteiger partial charge is 0.276 e. The van der Waals surface area contributed by atoms with Crippen LogP contribution in [0.5, 0.6) is 5.75 Å². The molecule has 0 radical (unpaired) electrons. The molecule has 1 heterocycles. The van der Waals surface area contributed by atoms with Crippen molar-refractivity contribution < 1.29 is 13.5 Å². The third-order valence-corrected chi connectivity index (χ3v) is 4.40. The van der Waals surface area contributed by atoms with Crippen LogP contribution in [0.4, 0.5) is 8.78 Å².